The fourth-order valence-electron chi connectivity index (χ4n) is 1.79. The second-order valence-electron chi connectivity index (χ2n) is 4.78. The van der Waals surface area contributed by atoms with E-state index in [4.69, 9.17) is 11.6 Å². The Kier molecular flexibility index (Phi) is 3.84. The van der Waals surface area contributed by atoms with Crippen LogP contribution in [0.15, 0.2) is 6.20 Å². The Morgan fingerprint density at radius 1 is 1.65 bits per heavy atom. The van der Waals surface area contributed by atoms with Gasteiger partial charge in [0, 0.05) is 25.0 Å². The van der Waals surface area contributed by atoms with Crippen molar-refractivity contribution in [1.29, 1.82) is 0 Å². The standard InChI is InChI=1S/C12H18ClN3O/c1-8(2)16-12(10(13)7-15-16)11(17)5-6-14-9-3-4-9/h7-9,14H,3-6H2,1-2H3. The highest BCUT2D eigenvalue weighted by molar-refractivity contribution is 6.33. The lowest BCUT2D eigenvalue weighted by Gasteiger charge is -2.10. The summed E-state index contributed by atoms with van der Waals surface area (Å²) in [7, 11) is 0. The number of aromatic nitrogens is 2. The zero-order chi connectivity index (χ0) is 12.4. The molecule has 0 atom stereocenters. The van der Waals surface area contributed by atoms with E-state index in [0.29, 0.717) is 23.2 Å². The average molecular weight is 256 g/mol. The molecule has 2 rings (SSSR count). The monoisotopic (exact) mass is 255 g/mol. The van der Waals surface area contributed by atoms with Crippen molar-refractivity contribution < 1.29 is 4.79 Å². The summed E-state index contributed by atoms with van der Waals surface area (Å²) in [5.74, 6) is 0.0642. The van der Waals surface area contributed by atoms with Gasteiger partial charge in [-0.2, -0.15) is 5.10 Å². The third kappa shape index (κ3) is 3.07. The molecular weight excluding hydrogens is 238 g/mol. The van der Waals surface area contributed by atoms with E-state index in [1.54, 1.807) is 10.9 Å². The van der Waals surface area contributed by atoms with E-state index in [9.17, 15) is 4.79 Å². The number of carbonyl (C=O) groups excluding carboxylic acids is 1. The summed E-state index contributed by atoms with van der Waals surface area (Å²) in [5, 5.41) is 7.91. The lowest BCUT2D eigenvalue weighted by molar-refractivity contribution is 0.0970. The molecule has 17 heavy (non-hydrogen) atoms. The molecule has 0 unspecified atom stereocenters. The van der Waals surface area contributed by atoms with Gasteiger partial charge in [-0.05, 0) is 26.7 Å². The molecule has 1 aliphatic rings. The van der Waals surface area contributed by atoms with Gasteiger partial charge in [0.05, 0.1) is 11.2 Å². The van der Waals surface area contributed by atoms with Gasteiger partial charge in [0.25, 0.3) is 0 Å². The van der Waals surface area contributed by atoms with Crippen LogP contribution >= 0.6 is 11.6 Å². The van der Waals surface area contributed by atoms with Crippen LogP contribution in [0.1, 0.15) is 49.6 Å². The Labute approximate surface area is 106 Å². The highest BCUT2D eigenvalue weighted by atomic mass is 35.5. The molecule has 1 fully saturated rings. The predicted octanol–water partition coefficient (Wildman–Crippen LogP) is 2.44. The molecule has 0 bridgehead atoms. The number of nitrogens with one attached hydrogen (secondary N) is 1. The van der Waals surface area contributed by atoms with Crippen LogP contribution in [0, 0.1) is 0 Å². The van der Waals surface area contributed by atoms with Crippen LogP contribution in [-0.2, 0) is 0 Å². The first kappa shape index (κ1) is 12.6. The van der Waals surface area contributed by atoms with E-state index in [1.165, 1.54) is 12.8 Å². The Bertz CT molecular complexity index is 410. The minimum Gasteiger partial charge on any atom is -0.314 e. The molecule has 1 heterocycles. The maximum Gasteiger partial charge on any atom is 0.183 e. The summed E-state index contributed by atoms with van der Waals surface area (Å²) in [6.45, 7) is 4.70. The van der Waals surface area contributed by atoms with Crippen LogP contribution in [0.2, 0.25) is 5.02 Å². The molecule has 1 saturated carbocycles. The Hall–Kier alpha value is -0.870. The molecule has 94 valence electrons. The van der Waals surface area contributed by atoms with Crippen molar-refractivity contribution in [2.75, 3.05) is 6.54 Å². The fraction of sp³-hybridized carbons (Fsp3) is 0.667. The molecule has 0 radical (unpaired) electrons. The summed E-state index contributed by atoms with van der Waals surface area (Å²) >= 11 is 6.01. The van der Waals surface area contributed by atoms with E-state index >= 15 is 0 Å². The molecule has 5 heteroatoms. The first-order chi connectivity index (χ1) is 8.09. The molecule has 0 aliphatic heterocycles. The first-order valence-corrected chi connectivity index (χ1v) is 6.47. The van der Waals surface area contributed by atoms with Crippen molar-refractivity contribution >= 4 is 17.4 Å². The predicted molar refractivity (Wildman–Crippen MR) is 67.6 cm³/mol. The summed E-state index contributed by atoms with van der Waals surface area (Å²) in [6.07, 6.45) is 4.50. The summed E-state index contributed by atoms with van der Waals surface area (Å²) in [6, 6.07) is 0.783. The van der Waals surface area contributed by atoms with Crippen molar-refractivity contribution in [2.45, 2.75) is 45.2 Å². The van der Waals surface area contributed by atoms with Crippen molar-refractivity contribution in [2.24, 2.45) is 0 Å². The topological polar surface area (TPSA) is 46.9 Å². The van der Waals surface area contributed by atoms with Crippen molar-refractivity contribution in [3.05, 3.63) is 16.9 Å². The lowest BCUT2D eigenvalue weighted by atomic mass is 10.2. The van der Waals surface area contributed by atoms with E-state index in [2.05, 4.69) is 10.4 Å². The van der Waals surface area contributed by atoms with Gasteiger partial charge in [-0.25, -0.2) is 0 Å². The van der Waals surface area contributed by atoms with Gasteiger partial charge in [-0.3, -0.25) is 9.48 Å². The largest absolute Gasteiger partial charge is 0.314 e. The third-order valence-corrected chi connectivity index (χ3v) is 3.14. The normalized spacial score (nSPS) is 15.5. The van der Waals surface area contributed by atoms with Crippen molar-refractivity contribution in [3.8, 4) is 0 Å². The smallest absolute Gasteiger partial charge is 0.183 e. The summed E-state index contributed by atoms with van der Waals surface area (Å²) in [5.41, 5.74) is 0.541. The maximum atomic E-state index is 12.1. The van der Waals surface area contributed by atoms with E-state index in [0.717, 1.165) is 6.54 Å². The Morgan fingerprint density at radius 3 is 2.94 bits per heavy atom. The second-order valence-corrected chi connectivity index (χ2v) is 5.19. The van der Waals surface area contributed by atoms with Crippen molar-refractivity contribution in [3.63, 3.8) is 0 Å². The summed E-state index contributed by atoms with van der Waals surface area (Å²) in [4.78, 5) is 12.1. The molecule has 1 aromatic rings. The lowest BCUT2D eigenvalue weighted by Crippen LogP contribution is -2.22. The van der Waals surface area contributed by atoms with Gasteiger partial charge in [-0.15, -0.1) is 0 Å². The van der Waals surface area contributed by atoms with Gasteiger partial charge < -0.3 is 5.32 Å². The minimum absolute atomic E-state index is 0.0642. The number of hydrogen-bond donors (Lipinski definition) is 1. The maximum absolute atomic E-state index is 12.1. The van der Waals surface area contributed by atoms with E-state index < -0.39 is 0 Å². The highest BCUT2D eigenvalue weighted by Gasteiger charge is 2.22. The van der Waals surface area contributed by atoms with Gasteiger partial charge in [0.1, 0.15) is 5.69 Å². The van der Waals surface area contributed by atoms with Gasteiger partial charge in [0.2, 0.25) is 0 Å². The van der Waals surface area contributed by atoms with Crippen LogP contribution in [-0.4, -0.2) is 28.2 Å². The molecule has 1 N–H and O–H groups in total. The van der Waals surface area contributed by atoms with E-state index in [-0.39, 0.29) is 11.8 Å². The molecular formula is C12H18ClN3O. The van der Waals surface area contributed by atoms with Gasteiger partial charge in [0.15, 0.2) is 5.78 Å². The first-order valence-electron chi connectivity index (χ1n) is 6.09. The van der Waals surface area contributed by atoms with Crippen LogP contribution in [0.3, 0.4) is 0 Å². The van der Waals surface area contributed by atoms with Gasteiger partial charge >= 0.3 is 0 Å². The number of halogens is 1. The fourth-order valence-corrected chi connectivity index (χ4v) is 2.02. The van der Waals surface area contributed by atoms with Crippen LogP contribution in [0.4, 0.5) is 0 Å². The Balaban J connectivity index is 1.98. The minimum atomic E-state index is 0.0642. The number of rotatable bonds is 6. The third-order valence-electron chi connectivity index (χ3n) is 2.87. The van der Waals surface area contributed by atoms with Crippen molar-refractivity contribution in [1.82, 2.24) is 15.1 Å². The molecule has 0 saturated heterocycles. The van der Waals surface area contributed by atoms with Crippen LogP contribution in [0.25, 0.3) is 0 Å². The molecule has 0 spiro atoms. The number of Topliss-reactive ketones (excluding diaryl/α,β-unsaturated/α-hetero) is 1. The van der Waals surface area contributed by atoms with E-state index in [1.807, 2.05) is 13.8 Å². The number of nitrogens with zero attached hydrogens (tertiary/aromatic N) is 2. The number of hydrogen-bond acceptors (Lipinski definition) is 3. The molecule has 1 aliphatic carbocycles. The molecule has 0 aromatic carbocycles. The zero-order valence-corrected chi connectivity index (χ0v) is 11.0. The number of ketones is 1. The van der Waals surface area contributed by atoms with Crippen LogP contribution < -0.4 is 5.32 Å². The van der Waals surface area contributed by atoms with Gasteiger partial charge in [-0.1, -0.05) is 11.6 Å². The molecule has 0 amide bonds. The summed E-state index contributed by atoms with van der Waals surface area (Å²) < 4.78 is 1.70. The molecule has 1 aromatic heterocycles. The molecule has 4 nitrogen and oxygen atoms in total. The second kappa shape index (κ2) is 5.19. The van der Waals surface area contributed by atoms with Crippen LogP contribution in [0.5, 0.6) is 0 Å². The zero-order valence-electron chi connectivity index (χ0n) is 10.2. The quantitative estimate of drug-likeness (QED) is 0.795. The SMILES string of the molecule is CC(C)n1ncc(Cl)c1C(=O)CCNC1CC1. The Morgan fingerprint density at radius 2 is 2.35 bits per heavy atom. The highest BCUT2D eigenvalue weighted by Crippen LogP contribution is 2.21. The number of carbonyl (C=O) groups is 1. The average Bonchev–Trinajstić information content (AvgIpc) is 2.99.